The molecule has 9 heteroatoms. The summed E-state index contributed by atoms with van der Waals surface area (Å²) >= 11 is 1.61. The number of nitrogens with one attached hydrogen (secondary N) is 1. The van der Waals surface area contributed by atoms with E-state index in [1.54, 1.807) is 11.3 Å². The van der Waals surface area contributed by atoms with Crippen LogP contribution in [0.2, 0.25) is 0 Å². The minimum atomic E-state index is -1.82. The Morgan fingerprint density at radius 2 is 1.61 bits per heavy atom. The molecule has 8 nitrogen and oxygen atoms in total. The molecule has 2 heterocycles. The second-order valence-electron chi connectivity index (χ2n) is 6.88. The van der Waals surface area contributed by atoms with Crippen LogP contribution in [0.15, 0.2) is 0 Å². The predicted molar refractivity (Wildman–Crippen MR) is 104 cm³/mol. The summed E-state index contributed by atoms with van der Waals surface area (Å²) in [5.41, 5.74) is 1.90. The molecule has 1 aromatic heterocycles. The number of carbonyl (C=O) groups is 3. The van der Waals surface area contributed by atoms with Crippen LogP contribution in [0.3, 0.4) is 0 Å². The largest absolute Gasteiger partial charge is 0.473 e. The highest BCUT2D eigenvalue weighted by Crippen LogP contribution is 2.37. The van der Waals surface area contributed by atoms with Gasteiger partial charge < -0.3 is 15.5 Å². The number of amides is 1. The Morgan fingerprint density at radius 3 is 2.18 bits per heavy atom. The molecule has 0 spiro atoms. The highest BCUT2D eigenvalue weighted by molar-refractivity contribution is 7.16. The standard InChI is InChI=1S/C17H23N3OS.C2H2O4/c18-11-14-13-7-3-4-8-15(13)22-17(14)19-16(21)12-20-9-5-1-2-6-10-20;3-1(4)2(5)6/h1-10,12H2,(H,19,21);(H,3,4)(H,5,6). The van der Waals surface area contributed by atoms with Crippen LogP contribution >= 0.6 is 11.3 Å². The summed E-state index contributed by atoms with van der Waals surface area (Å²) in [7, 11) is 0. The summed E-state index contributed by atoms with van der Waals surface area (Å²) in [6, 6.07) is 2.30. The van der Waals surface area contributed by atoms with Crippen LogP contribution in [0.1, 0.15) is 54.5 Å². The van der Waals surface area contributed by atoms with Gasteiger partial charge in [0.2, 0.25) is 5.91 Å². The van der Waals surface area contributed by atoms with E-state index in [9.17, 15) is 10.1 Å². The molecule has 0 unspecified atom stereocenters. The Hall–Kier alpha value is -2.44. The van der Waals surface area contributed by atoms with Gasteiger partial charge in [0.05, 0.1) is 12.1 Å². The maximum atomic E-state index is 12.3. The first-order valence-corrected chi connectivity index (χ1v) is 10.3. The summed E-state index contributed by atoms with van der Waals surface area (Å²) in [6.45, 7) is 2.48. The second kappa shape index (κ2) is 10.8. The van der Waals surface area contributed by atoms with Crippen molar-refractivity contribution in [2.75, 3.05) is 25.0 Å². The highest BCUT2D eigenvalue weighted by atomic mass is 32.1. The van der Waals surface area contributed by atoms with Crippen molar-refractivity contribution in [2.24, 2.45) is 0 Å². The predicted octanol–water partition coefficient (Wildman–Crippen LogP) is 2.47. The monoisotopic (exact) mass is 407 g/mol. The van der Waals surface area contributed by atoms with Gasteiger partial charge in [-0.05, 0) is 57.2 Å². The third-order valence-electron chi connectivity index (χ3n) is 4.78. The molecule has 0 bridgehead atoms. The minimum Gasteiger partial charge on any atom is -0.473 e. The number of fused-ring (bicyclic) bond motifs is 1. The molecule has 1 saturated heterocycles. The van der Waals surface area contributed by atoms with Gasteiger partial charge in [-0.25, -0.2) is 9.59 Å². The topological polar surface area (TPSA) is 131 Å². The number of aliphatic carboxylic acids is 2. The maximum Gasteiger partial charge on any atom is 0.414 e. The number of likely N-dealkylation sites (tertiary alicyclic amines) is 1. The lowest BCUT2D eigenvalue weighted by atomic mass is 9.96. The number of carboxylic acid groups (broad SMARTS) is 2. The third-order valence-corrected chi connectivity index (χ3v) is 5.99. The Morgan fingerprint density at radius 1 is 1.00 bits per heavy atom. The van der Waals surface area contributed by atoms with E-state index >= 15 is 0 Å². The van der Waals surface area contributed by atoms with Crippen LogP contribution in [0, 0.1) is 11.3 Å². The molecule has 1 aliphatic carbocycles. The number of carbonyl (C=O) groups excluding carboxylic acids is 1. The molecule has 0 saturated carbocycles. The fourth-order valence-corrected chi connectivity index (χ4v) is 4.69. The molecular weight excluding hydrogens is 382 g/mol. The van der Waals surface area contributed by atoms with Crippen molar-refractivity contribution in [2.45, 2.75) is 51.4 Å². The molecule has 1 aliphatic heterocycles. The molecule has 2 aliphatic rings. The minimum absolute atomic E-state index is 0.0250. The molecule has 152 valence electrons. The maximum absolute atomic E-state index is 12.3. The first-order valence-electron chi connectivity index (χ1n) is 9.45. The Balaban J connectivity index is 0.000000409. The van der Waals surface area contributed by atoms with Gasteiger partial charge in [-0.3, -0.25) is 9.69 Å². The highest BCUT2D eigenvalue weighted by Gasteiger charge is 2.22. The van der Waals surface area contributed by atoms with Crippen LogP contribution < -0.4 is 5.32 Å². The number of thiophene rings is 1. The van der Waals surface area contributed by atoms with Crippen LogP contribution in [0.4, 0.5) is 5.00 Å². The number of hydrogen-bond acceptors (Lipinski definition) is 6. The van der Waals surface area contributed by atoms with Crippen molar-refractivity contribution in [3.63, 3.8) is 0 Å². The normalized spacial score (nSPS) is 16.5. The van der Waals surface area contributed by atoms with Gasteiger partial charge in [-0.2, -0.15) is 5.26 Å². The van der Waals surface area contributed by atoms with Crippen LogP contribution in [-0.2, 0) is 27.2 Å². The fraction of sp³-hybridized carbons (Fsp3) is 0.579. The number of aryl methyl sites for hydroxylation is 1. The van der Waals surface area contributed by atoms with Gasteiger partial charge >= 0.3 is 11.9 Å². The zero-order valence-corrected chi connectivity index (χ0v) is 16.5. The van der Waals surface area contributed by atoms with E-state index in [-0.39, 0.29) is 5.91 Å². The number of nitrogens with zero attached hydrogens (tertiary/aromatic N) is 2. The van der Waals surface area contributed by atoms with E-state index < -0.39 is 11.9 Å². The third kappa shape index (κ3) is 6.32. The fourth-order valence-electron chi connectivity index (χ4n) is 3.44. The molecule has 28 heavy (non-hydrogen) atoms. The Kier molecular flexibility index (Phi) is 8.42. The van der Waals surface area contributed by atoms with E-state index in [4.69, 9.17) is 19.8 Å². The van der Waals surface area contributed by atoms with Crippen molar-refractivity contribution in [1.82, 2.24) is 4.90 Å². The summed E-state index contributed by atoms with van der Waals surface area (Å²) in [4.78, 5) is 34.1. The van der Waals surface area contributed by atoms with Gasteiger partial charge in [0.1, 0.15) is 11.1 Å². The molecule has 1 fully saturated rings. The van der Waals surface area contributed by atoms with Crippen molar-refractivity contribution in [3.8, 4) is 6.07 Å². The smallest absolute Gasteiger partial charge is 0.414 e. The molecular formula is C19H25N3O5S. The summed E-state index contributed by atoms with van der Waals surface area (Å²) < 4.78 is 0. The molecule has 0 atom stereocenters. The van der Waals surface area contributed by atoms with Crippen LogP contribution in [-0.4, -0.2) is 52.6 Å². The number of anilines is 1. The van der Waals surface area contributed by atoms with E-state index in [0.717, 1.165) is 37.4 Å². The first-order chi connectivity index (χ1) is 13.4. The number of carboxylic acids is 2. The molecule has 3 N–H and O–H groups in total. The number of hydrogen-bond donors (Lipinski definition) is 3. The number of rotatable bonds is 3. The lowest BCUT2D eigenvalue weighted by molar-refractivity contribution is -0.159. The van der Waals surface area contributed by atoms with E-state index in [1.165, 1.54) is 42.5 Å². The van der Waals surface area contributed by atoms with Crippen LogP contribution in [0.5, 0.6) is 0 Å². The lowest BCUT2D eigenvalue weighted by Gasteiger charge is -2.18. The van der Waals surface area contributed by atoms with E-state index in [0.29, 0.717) is 12.1 Å². The average molecular weight is 407 g/mol. The Bertz CT molecular complexity index is 748. The summed E-state index contributed by atoms with van der Waals surface area (Å²) in [5.74, 6) is -3.62. The lowest BCUT2D eigenvalue weighted by Crippen LogP contribution is -2.33. The summed E-state index contributed by atoms with van der Waals surface area (Å²) in [5, 5.41) is 28.0. The quantitative estimate of drug-likeness (QED) is 0.656. The second-order valence-corrected chi connectivity index (χ2v) is 7.98. The van der Waals surface area contributed by atoms with Crippen molar-refractivity contribution < 1.29 is 24.6 Å². The van der Waals surface area contributed by atoms with E-state index in [2.05, 4.69) is 16.3 Å². The molecule has 0 radical (unpaired) electrons. The zero-order chi connectivity index (χ0) is 20.5. The molecule has 1 amide bonds. The summed E-state index contributed by atoms with van der Waals surface area (Å²) in [6.07, 6.45) is 9.29. The van der Waals surface area contributed by atoms with Gasteiger partial charge in [0.25, 0.3) is 0 Å². The van der Waals surface area contributed by atoms with Gasteiger partial charge in [0.15, 0.2) is 0 Å². The Labute approximate surface area is 167 Å². The zero-order valence-electron chi connectivity index (χ0n) is 15.7. The van der Waals surface area contributed by atoms with Gasteiger partial charge in [-0.15, -0.1) is 11.3 Å². The van der Waals surface area contributed by atoms with Gasteiger partial charge in [0, 0.05) is 4.88 Å². The van der Waals surface area contributed by atoms with Gasteiger partial charge in [-0.1, -0.05) is 12.8 Å². The molecule has 3 rings (SSSR count). The molecule has 0 aromatic carbocycles. The SMILES string of the molecule is N#Cc1c(NC(=O)CN2CCCCCC2)sc2c1CCCC2.O=C(O)C(=O)O. The van der Waals surface area contributed by atoms with E-state index in [1.807, 2.05) is 0 Å². The molecule has 1 aromatic rings. The van der Waals surface area contributed by atoms with Crippen LogP contribution in [0.25, 0.3) is 0 Å². The first kappa shape index (κ1) is 21.9. The average Bonchev–Trinajstić information content (AvgIpc) is 2.81. The number of nitriles is 1. The van der Waals surface area contributed by atoms with Crippen molar-refractivity contribution >= 4 is 34.2 Å². The van der Waals surface area contributed by atoms with Crippen molar-refractivity contribution in [3.05, 3.63) is 16.0 Å². The van der Waals surface area contributed by atoms with Crippen molar-refractivity contribution in [1.29, 1.82) is 5.26 Å².